The Bertz CT molecular complexity index is 186. The van der Waals surface area contributed by atoms with E-state index in [4.69, 9.17) is 0 Å². The predicted molar refractivity (Wildman–Crippen MR) is 67.4 cm³/mol. The summed E-state index contributed by atoms with van der Waals surface area (Å²) in [5.41, 5.74) is 0. The second kappa shape index (κ2) is 8.57. The first kappa shape index (κ1) is 13.5. The lowest BCUT2D eigenvalue weighted by Crippen LogP contribution is -2.40. The van der Waals surface area contributed by atoms with Crippen molar-refractivity contribution in [1.82, 2.24) is 10.6 Å². The van der Waals surface area contributed by atoms with E-state index >= 15 is 0 Å². The number of rotatable bonds is 5. The minimum absolute atomic E-state index is 0.166. The fourth-order valence-electron chi connectivity index (χ4n) is 2.26. The average Bonchev–Trinajstić information content (AvgIpc) is 2.22. The molecule has 0 spiro atoms. The number of nitrogens with one attached hydrogen (secondary N) is 2. The Balaban J connectivity index is 2.14. The third-order valence-corrected chi connectivity index (χ3v) is 3.18. The molecular formula is C13H26N2O. The molecular weight excluding hydrogens is 200 g/mol. The molecule has 1 fully saturated rings. The fraction of sp³-hybridized carbons (Fsp3) is 0.923. The van der Waals surface area contributed by atoms with Crippen LogP contribution in [0.5, 0.6) is 0 Å². The Morgan fingerprint density at radius 2 is 1.75 bits per heavy atom. The first-order valence-electron chi connectivity index (χ1n) is 6.83. The SMILES string of the molecule is CCCNCC(=O)NC1CCCCCCC1. The highest BCUT2D eigenvalue weighted by Gasteiger charge is 2.13. The van der Waals surface area contributed by atoms with Gasteiger partial charge in [0, 0.05) is 6.04 Å². The quantitative estimate of drug-likeness (QED) is 0.706. The van der Waals surface area contributed by atoms with Crippen LogP contribution < -0.4 is 10.6 Å². The molecule has 0 aromatic carbocycles. The maximum atomic E-state index is 11.6. The molecule has 1 rings (SSSR count). The minimum atomic E-state index is 0.166. The van der Waals surface area contributed by atoms with Crippen LogP contribution in [0, 0.1) is 0 Å². The van der Waals surface area contributed by atoms with Gasteiger partial charge in [-0.15, -0.1) is 0 Å². The number of carbonyl (C=O) groups is 1. The number of amides is 1. The monoisotopic (exact) mass is 226 g/mol. The highest BCUT2D eigenvalue weighted by molar-refractivity contribution is 5.78. The second-order valence-corrected chi connectivity index (χ2v) is 4.79. The van der Waals surface area contributed by atoms with Crippen molar-refractivity contribution in [2.24, 2.45) is 0 Å². The predicted octanol–water partition coefficient (Wildman–Crippen LogP) is 2.22. The van der Waals surface area contributed by atoms with Gasteiger partial charge in [-0.2, -0.15) is 0 Å². The summed E-state index contributed by atoms with van der Waals surface area (Å²) in [5.74, 6) is 0.166. The molecule has 0 atom stereocenters. The summed E-state index contributed by atoms with van der Waals surface area (Å²) in [5, 5.41) is 6.28. The zero-order valence-electron chi connectivity index (χ0n) is 10.6. The van der Waals surface area contributed by atoms with Crippen LogP contribution in [0.4, 0.5) is 0 Å². The largest absolute Gasteiger partial charge is 0.352 e. The topological polar surface area (TPSA) is 41.1 Å². The van der Waals surface area contributed by atoms with E-state index in [0.29, 0.717) is 12.6 Å². The van der Waals surface area contributed by atoms with Crippen LogP contribution in [-0.2, 0) is 4.79 Å². The van der Waals surface area contributed by atoms with Crippen LogP contribution in [0.15, 0.2) is 0 Å². The average molecular weight is 226 g/mol. The van der Waals surface area contributed by atoms with Crippen molar-refractivity contribution in [2.45, 2.75) is 64.3 Å². The van der Waals surface area contributed by atoms with E-state index in [0.717, 1.165) is 13.0 Å². The molecule has 0 aromatic heterocycles. The zero-order chi connectivity index (χ0) is 11.6. The lowest BCUT2D eigenvalue weighted by molar-refractivity contribution is -0.121. The van der Waals surface area contributed by atoms with Gasteiger partial charge < -0.3 is 10.6 Å². The zero-order valence-corrected chi connectivity index (χ0v) is 10.6. The van der Waals surface area contributed by atoms with Crippen LogP contribution >= 0.6 is 0 Å². The first-order valence-corrected chi connectivity index (χ1v) is 6.83. The van der Waals surface area contributed by atoms with Gasteiger partial charge in [0.1, 0.15) is 0 Å². The summed E-state index contributed by atoms with van der Waals surface area (Å²) in [4.78, 5) is 11.6. The highest BCUT2D eigenvalue weighted by atomic mass is 16.1. The van der Waals surface area contributed by atoms with E-state index < -0.39 is 0 Å². The van der Waals surface area contributed by atoms with Crippen LogP contribution in [0.2, 0.25) is 0 Å². The Morgan fingerprint density at radius 1 is 1.12 bits per heavy atom. The lowest BCUT2D eigenvalue weighted by Gasteiger charge is -2.21. The van der Waals surface area contributed by atoms with Gasteiger partial charge in [0.15, 0.2) is 0 Å². The van der Waals surface area contributed by atoms with E-state index in [9.17, 15) is 4.79 Å². The highest BCUT2D eigenvalue weighted by Crippen LogP contribution is 2.16. The molecule has 0 heterocycles. The molecule has 16 heavy (non-hydrogen) atoms. The minimum Gasteiger partial charge on any atom is -0.352 e. The molecule has 0 bridgehead atoms. The molecule has 94 valence electrons. The molecule has 3 nitrogen and oxygen atoms in total. The Hall–Kier alpha value is -0.570. The van der Waals surface area contributed by atoms with Crippen molar-refractivity contribution in [3.8, 4) is 0 Å². The molecule has 0 saturated heterocycles. The standard InChI is InChI=1S/C13H26N2O/c1-2-10-14-11-13(16)15-12-8-6-4-3-5-7-9-12/h12,14H,2-11H2,1H3,(H,15,16). The Kier molecular flexibility index (Phi) is 7.23. The Morgan fingerprint density at radius 3 is 2.38 bits per heavy atom. The maximum absolute atomic E-state index is 11.6. The van der Waals surface area contributed by atoms with Crippen LogP contribution in [0.3, 0.4) is 0 Å². The van der Waals surface area contributed by atoms with Gasteiger partial charge in [-0.3, -0.25) is 4.79 Å². The first-order chi connectivity index (χ1) is 7.83. The summed E-state index contributed by atoms with van der Waals surface area (Å²) >= 11 is 0. The molecule has 0 aliphatic heterocycles. The van der Waals surface area contributed by atoms with E-state index in [1.807, 2.05) is 0 Å². The van der Waals surface area contributed by atoms with Crippen molar-refractivity contribution in [1.29, 1.82) is 0 Å². The van der Waals surface area contributed by atoms with Gasteiger partial charge in [0.2, 0.25) is 5.91 Å². The van der Waals surface area contributed by atoms with Crippen LogP contribution in [0.1, 0.15) is 58.3 Å². The van der Waals surface area contributed by atoms with Crippen molar-refractivity contribution in [2.75, 3.05) is 13.1 Å². The normalized spacial score (nSPS) is 18.8. The molecule has 0 radical (unpaired) electrons. The van der Waals surface area contributed by atoms with E-state index in [2.05, 4.69) is 17.6 Å². The second-order valence-electron chi connectivity index (χ2n) is 4.79. The van der Waals surface area contributed by atoms with Gasteiger partial charge in [-0.25, -0.2) is 0 Å². The van der Waals surface area contributed by atoms with Crippen molar-refractivity contribution in [3.63, 3.8) is 0 Å². The van der Waals surface area contributed by atoms with Crippen LogP contribution in [-0.4, -0.2) is 25.0 Å². The maximum Gasteiger partial charge on any atom is 0.234 e. The van der Waals surface area contributed by atoms with Gasteiger partial charge in [0.25, 0.3) is 0 Å². The van der Waals surface area contributed by atoms with E-state index in [-0.39, 0.29) is 5.91 Å². The van der Waals surface area contributed by atoms with Gasteiger partial charge in [-0.05, 0) is 25.8 Å². The molecule has 1 aliphatic carbocycles. The number of carbonyl (C=O) groups excluding carboxylic acids is 1. The fourth-order valence-corrected chi connectivity index (χ4v) is 2.26. The van der Waals surface area contributed by atoms with Gasteiger partial charge in [-0.1, -0.05) is 39.0 Å². The van der Waals surface area contributed by atoms with Crippen molar-refractivity contribution < 1.29 is 4.79 Å². The molecule has 2 N–H and O–H groups in total. The van der Waals surface area contributed by atoms with Gasteiger partial charge in [0.05, 0.1) is 6.54 Å². The summed E-state index contributed by atoms with van der Waals surface area (Å²) in [6.45, 7) is 3.52. The lowest BCUT2D eigenvalue weighted by atomic mass is 9.97. The molecule has 1 aliphatic rings. The summed E-state index contributed by atoms with van der Waals surface area (Å²) < 4.78 is 0. The Labute approximate surface area is 99.4 Å². The van der Waals surface area contributed by atoms with Crippen molar-refractivity contribution >= 4 is 5.91 Å². The molecule has 3 heteroatoms. The molecule has 1 amide bonds. The third kappa shape index (κ3) is 6.11. The molecule has 0 unspecified atom stereocenters. The van der Waals surface area contributed by atoms with Gasteiger partial charge >= 0.3 is 0 Å². The summed E-state index contributed by atoms with van der Waals surface area (Å²) in [6.07, 6.45) is 10.00. The summed E-state index contributed by atoms with van der Waals surface area (Å²) in [6, 6.07) is 0.427. The third-order valence-electron chi connectivity index (χ3n) is 3.18. The smallest absolute Gasteiger partial charge is 0.234 e. The molecule has 0 aromatic rings. The van der Waals surface area contributed by atoms with E-state index in [1.54, 1.807) is 0 Å². The molecule has 1 saturated carbocycles. The van der Waals surface area contributed by atoms with Crippen molar-refractivity contribution in [3.05, 3.63) is 0 Å². The number of hydrogen-bond acceptors (Lipinski definition) is 2. The van der Waals surface area contributed by atoms with Crippen LogP contribution in [0.25, 0.3) is 0 Å². The number of hydrogen-bond donors (Lipinski definition) is 2. The summed E-state index contributed by atoms with van der Waals surface area (Å²) in [7, 11) is 0. The van der Waals surface area contributed by atoms with E-state index in [1.165, 1.54) is 44.9 Å².